The number of nitrogens with zero attached hydrogens (tertiary/aromatic N) is 1. The fraction of sp³-hybridized carbons (Fsp3) is 0.857. The fourth-order valence-electron chi connectivity index (χ4n) is 1.68. The van der Waals surface area contributed by atoms with Crippen LogP contribution in [0.25, 0.3) is 0 Å². The van der Waals surface area contributed by atoms with Crippen LogP contribution in [0.3, 0.4) is 0 Å². The van der Waals surface area contributed by atoms with E-state index in [1.807, 2.05) is 7.05 Å². The summed E-state index contributed by atoms with van der Waals surface area (Å²) in [6, 6.07) is 0. The molecule has 0 aromatic carbocycles. The predicted molar refractivity (Wildman–Crippen MR) is 75.9 cm³/mol. The van der Waals surface area contributed by atoms with Crippen LogP contribution in [0.1, 0.15) is 45.4 Å². The van der Waals surface area contributed by atoms with Gasteiger partial charge >= 0.3 is 0 Å². The summed E-state index contributed by atoms with van der Waals surface area (Å²) in [5, 5.41) is 2.87. The molecule has 0 aromatic heterocycles. The summed E-state index contributed by atoms with van der Waals surface area (Å²) < 4.78 is 4.91. The van der Waals surface area contributed by atoms with E-state index < -0.39 is 0 Å². The number of unbranched alkanes of at least 4 members (excludes halogenated alkanes) is 3. The molecule has 1 N–H and O–H groups in total. The van der Waals surface area contributed by atoms with E-state index in [1.165, 1.54) is 0 Å². The minimum absolute atomic E-state index is 0.107. The number of carbonyl (C=O) groups is 2. The minimum Gasteiger partial charge on any atom is -0.385 e. The van der Waals surface area contributed by atoms with Crippen molar-refractivity contribution < 1.29 is 14.3 Å². The van der Waals surface area contributed by atoms with Crippen LogP contribution in [0.2, 0.25) is 0 Å². The maximum Gasteiger partial charge on any atom is 0.219 e. The topological polar surface area (TPSA) is 58.6 Å². The highest BCUT2D eigenvalue weighted by atomic mass is 16.5. The molecule has 0 fully saturated rings. The first kappa shape index (κ1) is 17.9. The lowest BCUT2D eigenvalue weighted by Gasteiger charge is -2.13. The Hall–Kier alpha value is -1.10. The number of nitrogens with one attached hydrogen (secondary N) is 1. The van der Waals surface area contributed by atoms with Gasteiger partial charge in [-0.05, 0) is 19.3 Å². The average Bonchev–Trinajstić information content (AvgIpc) is 2.38. The summed E-state index contributed by atoms with van der Waals surface area (Å²) in [6.07, 6.45) is 5.48. The second kappa shape index (κ2) is 12.0. The van der Waals surface area contributed by atoms with Crippen molar-refractivity contribution >= 4 is 11.8 Å². The van der Waals surface area contributed by atoms with Crippen molar-refractivity contribution in [3.8, 4) is 0 Å². The third-order valence-electron chi connectivity index (χ3n) is 3.03. The summed E-state index contributed by atoms with van der Waals surface area (Å²) in [4.78, 5) is 24.1. The monoisotopic (exact) mass is 272 g/mol. The molecule has 0 aliphatic heterocycles. The average molecular weight is 272 g/mol. The van der Waals surface area contributed by atoms with Gasteiger partial charge in [0.15, 0.2) is 0 Å². The molecule has 0 unspecified atom stereocenters. The van der Waals surface area contributed by atoms with Crippen LogP contribution in [-0.2, 0) is 14.3 Å². The lowest BCUT2D eigenvalue weighted by atomic mass is 10.1. The summed E-state index contributed by atoms with van der Waals surface area (Å²) >= 11 is 0. The molecule has 0 saturated heterocycles. The molecular formula is C14H28N2O3. The lowest BCUT2D eigenvalue weighted by Crippen LogP contribution is -2.25. The predicted octanol–water partition coefficient (Wildman–Crippen LogP) is 1.57. The van der Waals surface area contributed by atoms with Gasteiger partial charge in [-0.2, -0.15) is 0 Å². The molecule has 2 amide bonds. The number of hydrogen-bond acceptors (Lipinski definition) is 3. The zero-order chi connectivity index (χ0) is 14.5. The van der Waals surface area contributed by atoms with Gasteiger partial charge in [0.25, 0.3) is 0 Å². The number of ether oxygens (including phenoxy) is 1. The summed E-state index contributed by atoms with van der Waals surface area (Å²) in [5.41, 5.74) is 0. The molecule has 0 heterocycles. The Balaban J connectivity index is 3.29. The molecule has 0 aromatic rings. The van der Waals surface area contributed by atoms with Crippen molar-refractivity contribution in [3.05, 3.63) is 0 Å². The van der Waals surface area contributed by atoms with E-state index in [4.69, 9.17) is 4.74 Å². The van der Waals surface area contributed by atoms with Crippen LogP contribution in [0.5, 0.6) is 0 Å². The van der Waals surface area contributed by atoms with Crippen molar-refractivity contribution in [2.45, 2.75) is 45.4 Å². The second-order valence-electron chi connectivity index (χ2n) is 4.80. The van der Waals surface area contributed by atoms with Gasteiger partial charge in [-0.15, -0.1) is 0 Å². The Morgan fingerprint density at radius 1 is 1.11 bits per heavy atom. The lowest BCUT2D eigenvalue weighted by molar-refractivity contribution is -0.127. The Morgan fingerprint density at radius 3 is 2.42 bits per heavy atom. The number of methoxy groups -OCH3 is 1. The first-order chi connectivity index (χ1) is 9.07. The fourth-order valence-corrected chi connectivity index (χ4v) is 1.68. The SMILES string of the molecule is COCCCNC(=O)CCCCCCN(C)C(C)=O. The third kappa shape index (κ3) is 11.7. The first-order valence-corrected chi connectivity index (χ1v) is 7.05. The zero-order valence-electron chi connectivity index (χ0n) is 12.5. The molecule has 5 heteroatoms. The molecule has 0 saturated carbocycles. The third-order valence-corrected chi connectivity index (χ3v) is 3.03. The van der Waals surface area contributed by atoms with Crippen molar-refractivity contribution in [2.24, 2.45) is 0 Å². The molecule has 112 valence electrons. The van der Waals surface area contributed by atoms with E-state index in [0.29, 0.717) is 19.6 Å². The molecular weight excluding hydrogens is 244 g/mol. The Morgan fingerprint density at radius 2 is 1.79 bits per heavy atom. The largest absolute Gasteiger partial charge is 0.385 e. The first-order valence-electron chi connectivity index (χ1n) is 7.05. The minimum atomic E-state index is 0.107. The van der Waals surface area contributed by atoms with Gasteiger partial charge in [-0.25, -0.2) is 0 Å². The van der Waals surface area contributed by atoms with E-state index in [2.05, 4.69) is 5.32 Å². The van der Waals surface area contributed by atoms with Crippen LogP contribution >= 0.6 is 0 Å². The van der Waals surface area contributed by atoms with Gasteiger partial charge in [0.2, 0.25) is 11.8 Å². The summed E-state index contributed by atoms with van der Waals surface area (Å²) in [7, 11) is 3.47. The van der Waals surface area contributed by atoms with Gasteiger partial charge < -0.3 is 15.0 Å². The van der Waals surface area contributed by atoms with Crippen molar-refractivity contribution in [3.63, 3.8) is 0 Å². The maximum absolute atomic E-state index is 11.4. The van der Waals surface area contributed by atoms with Crippen molar-refractivity contribution in [2.75, 3.05) is 33.9 Å². The molecule has 0 atom stereocenters. The molecule has 0 rings (SSSR count). The smallest absolute Gasteiger partial charge is 0.219 e. The Bertz CT molecular complexity index is 257. The van der Waals surface area contributed by atoms with Gasteiger partial charge in [0, 0.05) is 47.2 Å². The summed E-state index contributed by atoms with van der Waals surface area (Å²) in [6.45, 7) is 3.76. The Kier molecular flexibility index (Phi) is 11.3. The zero-order valence-corrected chi connectivity index (χ0v) is 12.5. The number of hydrogen-bond donors (Lipinski definition) is 1. The highest BCUT2D eigenvalue weighted by molar-refractivity contribution is 5.75. The highest BCUT2D eigenvalue weighted by Gasteiger charge is 2.02. The van der Waals surface area contributed by atoms with Gasteiger partial charge in [-0.1, -0.05) is 12.8 Å². The molecule has 0 spiro atoms. The molecule has 19 heavy (non-hydrogen) atoms. The Labute approximate surface area is 116 Å². The van der Waals surface area contributed by atoms with Crippen LogP contribution in [0, 0.1) is 0 Å². The number of amides is 2. The van der Waals surface area contributed by atoms with E-state index in [-0.39, 0.29) is 11.8 Å². The number of carbonyl (C=O) groups excluding carboxylic acids is 2. The quantitative estimate of drug-likeness (QED) is 0.581. The normalized spacial score (nSPS) is 10.3. The molecule has 0 radical (unpaired) electrons. The van der Waals surface area contributed by atoms with E-state index >= 15 is 0 Å². The molecule has 0 aliphatic carbocycles. The van der Waals surface area contributed by atoms with Crippen LogP contribution < -0.4 is 5.32 Å². The van der Waals surface area contributed by atoms with Gasteiger partial charge in [-0.3, -0.25) is 9.59 Å². The van der Waals surface area contributed by atoms with Crippen LogP contribution in [-0.4, -0.2) is 50.6 Å². The molecule has 0 bridgehead atoms. The highest BCUT2D eigenvalue weighted by Crippen LogP contribution is 2.04. The van der Waals surface area contributed by atoms with Crippen molar-refractivity contribution in [1.82, 2.24) is 10.2 Å². The maximum atomic E-state index is 11.4. The van der Waals surface area contributed by atoms with E-state index in [9.17, 15) is 9.59 Å². The number of rotatable bonds is 11. The summed E-state index contributed by atoms with van der Waals surface area (Å²) in [5.74, 6) is 0.229. The van der Waals surface area contributed by atoms with Crippen LogP contribution in [0.15, 0.2) is 0 Å². The van der Waals surface area contributed by atoms with Gasteiger partial charge in [0.1, 0.15) is 0 Å². The van der Waals surface area contributed by atoms with E-state index in [0.717, 1.165) is 38.6 Å². The van der Waals surface area contributed by atoms with Crippen molar-refractivity contribution in [1.29, 1.82) is 0 Å². The van der Waals surface area contributed by atoms with E-state index in [1.54, 1.807) is 18.9 Å². The van der Waals surface area contributed by atoms with Crippen LogP contribution in [0.4, 0.5) is 0 Å². The van der Waals surface area contributed by atoms with Gasteiger partial charge in [0.05, 0.1) is 0 Å². The molecule has 0 aliphatic rings. The molecule has 5 nitrogen and oxygen atoms in total. The standard InChI is InChI=1S/C14H28N2O3/c1-13(17)16(2)11-7-5-4-6-9-14(18)15-10-8-12-19-3/h4-12H2,1-3H3,(H,15,18). The second-order valence-corrected chi connectivity index (χ2v) is 4.80.